The highest BCUT2D eigenvalue weighted by atomic mass is 32.2. The second-order valence-electron chi connectivity index (χ2n) is 4.50. The fourth-order valence-corrected chi connectivity index (χ4v) is 5.14. The summed E-state index contributed by atoms with van der Waals surface area (Å²) in [5.41, 5.74) is 0.939. The zero-order valence-corrected chi connectivity index (χ0v) is 9.87. The lowest BCUT2D eigenvalue weighted by atomic mass is 9.91. The second-order valence-corrected chi connectivity index (χ2v) is 6.66. The van der Waals surface area contributed by atoms with Gasteiger partial charge in [0.1, 0.15) is 0 Å². The van der Waals surface area contributed by atoms with Gasteiger partial charge in [0, 0.05) is 0 Å². The van der Waals surface area contributed by atoms with Crippen molar-refractivity contribution in [2.24, 2.45) is 11.8 Å². The lowest BCUT2D eigenvalue weighted by molar-refractivity contribution is 0.440. The van der Waals surface area contributed by atoms with Gasteiger partial charge in [0.25, 0.3) is 0 Å². The van der Waals surface area contributed by atoms with Crippen LogP contribution in [0.2, 0.25) is 0 Å². The van der Waals surface area contributed by atoms with Gasteiger partial charge in [0.05, 0.1) is 11.0 Å². The molecule has 82 valence electrons. The monoisotopic (exact) mass is 224 g/mol. The Kier molecular flexibility index (Phi) is 2.59. The molecule has 0 aliphatic carbocycles. The predicted molar refractivity (Wildman–Crippen MR) is 61.3 cm³/mol. The van der Waals surface area contributed by atoms with Crippen molar-refractivity contribution in [1.29, 1.82) is 0 Å². The average molecular weight is 224 g/mol. The Labute approximate surface area is 91.2 Å². The molecule has 3 unspecified atom stereocenters. The molecule has 0 radical (unpaired) electrons. The van der Waals surface area contributed by atoms with Crippen LogP contribution in [0.15, 0.2) is 30.3 Å². The van der Waals surface area contributed by atoms with Crippen LogP contribution in [-0.2, 0) is 9.84 Å². The molecule has 0 spiro atoms. The zero-order chi connectivity index (χ0) is 11.1. The number of hydrogen-bond acceptors (Lipinski definition) is 2. The Hall–Kier alpha value is -0.830. The largest absolute Gasteiger partial charge is 0.228 e. The topological polar surface area (TPSA) is 34.1 Å². The predicted octanol–water partition coefficient (Wildman–Crippen LogP) is 2.43. The summed E-state index contributed by atoms with van der Waals surface area (Å²) in [4.78, 5) is 0. The third-order valence-electron chi connectivity index (χ3n) is 3.39. The Morgan fingerprint density at radius 1 is 1.13 bits per heavy atom. The fraction of sp³-hybridized carbons (Fsp3) is 0.500. The Morgan fingerprint density at radius 2 is 1.73 bits per heavy atom. The van der Waals surface area contributed by atoms with Gasteiger partial charge in [0.15, 0.2) is 9.84 Å². The van der Waals surface area contributed by atoms with E-state index in [1.807, 2.05) is 44.2 Å². The van der Waals surface area contributed by atoms with Crippen molar-refractivity contribution in [2.75, 3.05) is 5.75 Å². The van der Waals surface area contributed by atoms with E-state index < -0.39 is 9.84 Å². The van der Waals surface area contributed by atoms with E-state index in [0.29, 0.717) is 5.75 Å². The van der Waals surface area contributed by atoms with Crippen molar-refractivity contribution in [3.8, 4) is 0 Å². The van der Waals surface area contributed by atoms with Gasteiger partial charge in [-0.25, -0.2) is 8.42 Å². The van der Waals surface area contributed by atoms with E-state index in [0.717, 1.165) is 5.56 Å². The molecular formula is C12H16O2S. The van der Waals surface area contributed by atoms with Crippen LogP contribution in [0.5, 0.6) is 0 Å². The van der Waals surface area contributed by atoms with Crippen LogP contribution in [0.3, 0.4) is 0 Å². The van der Waals surface area contributed by atoms with Crippen LogP contribution in [0.4, 0.5) is 0 Å². The molecule has 2 rings (SSSR count). The molecule has 0 bridgehead atoms. The minimum atomic E-state index is -2.94. The number of benzene rings is 1. The number of sulfone groups is 1. The van der Waals surface area contributed by atoms with Crippen molar-refractivity contribution < 1.29 is 8.42 Å². The molecule has 1 heterocycles. The molecule has 0 aromatic heterocycles. The first-order valence-corrected chi connectivity index (χ1v) is 7.00. The normalized spacial score (nSPS) is 34.1. The van der Waals surface area contributed by atoms with E-state index in [-0.39, 0.29) is 17.1 Å². The average Bonchev–Trinajstić information content (AvgIpc) is 2.37. The first kappa shape index (κ1) is 10.7. The van der Waals surface area contributed by atoms with Crippen LogP contribution >= 0.6 is 0 Å². The van der Waals surface area contributed by atoms with E-state index in [9.17, 15) is 8.42 Å². The molecule has 0 amide bonds. The summed E-state index contributed by atoms with van der Waals surface area (Å²) >= 11 is 0. The van der Waals surface area contributed by atoms with Crippen molar-refractivity contribution in [1.82, 2.24) is 0 Å². The summed E-state index contributed by atoms with van der Waals surface area (Å²) in [6, 6.07) is 9.55. The summed E-state index contributed by atoms with van der Waals surface area (Å²) in [7, 11) is -2.94. The highest BCUT2D eigenvalue weighted by Gasteiger charge is 2.43. The lowest BCUT2D eigenvalue weighted by Crippen LogP contribution is -2.12. The van der Waals surface area contributed by atoms with Crippen LogP contribution in [0.1, 0.15) is 24.7 Å². The van der Waals surface area contributed by atoms with Gasteiger partial charge in [0.2, 0.25) is 0 Å². The van der Waals surface area contributed by atoms with Gasteiger partial charge >= 0.3 is 0 Å². The number of hydrogen-bond donors (Lipinski definition) is 0. The molecular weight excluding hydrogens is 208 g/mol. The van der Waals surface area contributed by atoms with Crippen LogP contribution in [0.25, 0.3) is 0 Å². The second kappa shape index (κ2) is 3.63. The van der Waals surface area contributed by atoms with E-state index in [1.54, 1.807) is 0 Å². The van der Waals surface area contributed by atoms with E-state index >= 15 is 0 Å². The smallest absolute Gasteiger partial charge is 0.157 e. The van der Waals surface area contributed by atoms with Gasteiger partial charge in [-0.3, -0.25) is 0 Å². The molecule has 1 aliphatic rings. The maximum Gasteiger partial charge on any atom is 0.157 e. The van der Waals surface area contributed by atoms with Gasteiger partial charge in [-0.15, -0.1) is 0 Å². The van der Waals surface area contributed by atoms with Crippen LogP contribution < -0.4 is 0 Å². The fourth-order valence-electron chi connectivity index (χ4n) is 2.40. The van der Waals surface area contributed by atoms with Crippen LogP contribution in [-0.4, -0.2) is 14.2 Å². The van der Waals surface area contributed by atoms with E-state index in [1.165, 1.54) is 0 Å². The molecule has 1 aliphatic heterocycles. The maximum atomic E-state index is 12.0. The summed E-state index contributed by atoms with van der Waals surface area (Å²) in [6.45, 7) is 4.05. The van der Waals surface area contributed by atoms with Gasteiger partial charge in [-0.2, -0.15) is 0 Å². The SMILES string of the molecule is CC1CS(=O)(=O)C(c2ccccc2)C1C. The lowest BCUT2D eigenvalue weighted by Gasteiger charge is -2.16. The van der Waals surface area contributed by atoms with Gasteiger partial charge in [-0.05, 0) is 17.4 Å². The highest BCUT2D eigenvalue weighted by Crippen LogP contribution is 2.42. The van der Waals surface area contributed by atoms with E-state index in [4.69, 9.17) is 0 Å². The first-order chi connectivity index (χ1) is 7.02. The molecule has 1 saturated heterocycles. The molecule has 3 atom stereocenters. The Bertz CT molecular complexity index is 436. The quantitative estimate of drug-likeness (QED) is 0.734. The molecule has 3 heteroatoms. The molecule has 1 aromatic carbocycles. The highest BCUT2D eigenvalue weighted by molar-refractivity contribution is 7.91. The molecule has 0 saturated carbocycles. The maximum absolute atomic E-state index is 12.0. The third kappa shape index (κ3) is 1.81. The zero-order valence-electron chi connectivity index (χ0n) is 9.05. The summed E-state index contributed by atoms with van der Waals surface area (Å²) in [5, 5.41) is -0.298. The minimum absolute atomic E-state index is 0.220. The summed E-state index contributed by atoms with van der Waals surface area (Å²) in [5.74, 6) is 0.811. The Morgan fingerprint density at radius 3 is 2.20 bits per heavy atom. The molecule has 0 N–H and O–H groups in total. The molecule has 1 aromatic rings. The van der Waals surface area contributed by atoms with Crippen molar-refractivity contribution in [2.45, 2.75) is 19.1 Å². The molecule has 2 nitrogen and oxygen atoms in total. The minimum Gasteiger partial charge on any atom is -0.228 e. The van der Waals surface area contributed by atoms with Crippen molar-refractivity contribution in [3.05, 3.63) is 35.9 Å². The van der Waals surface area contributed by atoms with Gasteiger partial charge < -0.3 is 0 Å². The standard InChI is InChI=1S/C12H16O2S/c1-9-8-15(13,14)12(10(9)2)11-6-4-3-5-7-11/h3-7,9-10,12H,8H2,1-2H3. The number of rotatable bonds is 1. The van der Waals surface area contributed by atoms with Crippen LogP contribution in [0, 0.1) is 11.8 Å². The third-order valence-corrected chi connectivity index (χ3v) is 5.85. The van der Waals surface area contributed by atoms with E-state index in [2.05, 4.69) is 0 Å². The van der Waals surface area contributed by atoms with Gasteiger partial charge in [-0.1, -0.05) is 44.2 Å². The first-order valence-electron chi connectivity index (χ1n) is 5.29. The molecule has 15 heavy (non-hydrogen) atoms. The molecule has 1 fully saturated rings. The Balaban J connectivity index is 2.45. The van der Waals surface area contributed by atoms with Crippen molar-refractivity contribution >= 4 is 9.84 Å². The van der Waals surface area contributed by atoms with Crippen molar-refractivity contribution in [3.63, 3.8) is 0 Å². The summed E-state index contributed by atoms with van der Waals surface area (Å²) < 4.78 is 24.0. The summed E-state index contributed by atoms with van der Waals surface area (Å²) in [6.07, 6.45) is 0.